The number of halogens is 15. The van der Waals surface area contributed by atoms with Crippen molar-refractivity contribution in [2.75, 3.05) is 17.3 Å². The van der Waals surface area contributed by atoms with Gasteiger partial charge in [-0.05, 0) is 49.4 Å². The lowest BCUT2D eigenvalue weighted by Crippen LogP contribution is -2.74. The van der Waals surface area contributed by atoms with E-state index in [1.54, 1.807) is 0 Å². The minimum absolute atomic E-state index is 0.771. The van der Waals surface area contributed by atoms with E-state index in [2.05, 4.69) is 20.8 Å². The van der Waals surface area contributed by atoms with E-state index in [0.29, 0.717) is 0 Å². The molecule has 0 unspecified atom stereocenters. The first-order valence-electron chi connectivity index (χ1n) is 12.5. The van der Waals surface area contributed by atoms with Crippen molar-refractivity contribution in [1.29, 1.82) is 0 Å². The van der Waals surface area contributed by atoms with E-state index < -0.39 is 47.7 Å². The Kier molecular flexibility index (Phi) is 16.4. The fraction of sp³-hybridized carbons (Fsp3) is 0.957. The summed E-state index contributed by atoms with van der Waals surface area (Å²) >= 11 is 0. The first kappa shape index (κ1) is 41.9. The largest absolute Gasteiger partial charge is 0.544 e. The van der Waals surface area contributed by atoms with Gasteiger partial charge in [-0.25, -0.2) is 0 Å². The highest BCUT2D eigenvalue weighted by Gasteiger charge is 2.93. The molecule has 41 heavy (non-hydrogen) atoms. The first-order valence-corrected chi connectivity index (χ1v) is 14.2. The molecule has 0 saturated carbocycles. The number of carboxylic acids is 1. The van der Waals surface area contributed by atoms with E-state index in [4.69, 9.17) is 0 Å². The number of hydrogen-bond acceptors (Lipinski definition) is 2. The SMILES string of the molecule is CCCCC[S+](CCCCC)CCCCC.O=C([O-])C(F)(F)C(F)(F)C(F)(F)C(F)(F)C(F)(F)C(F)(F)C(F)(F)F. The summed E-state index contributed by atoms with van der Waals surface area (Å²) in [5.74, 6) is -48.8. The van der Waals surface area contributed by atoms with Gasteiger partial charge in [-0.2, -0.15) is 65.9 Å². The monoisotopic (exact) mass is 658 g/mol. The van der Waals surface area contributed by atoms with Gasteiger partial charge in [0.25, 0.3) is 0 Å². The quantitative estimate of drug-likeness (QED) is 0.0845. The van der Waals surface area contributed by atoms with Gasteiger partial charge >= 0.3 is 41.7 Å². The normalized spacial score (nSPS) is 14.2. The van der Waals surface area contributed by atoms with Gasteiger partial charge in [-0.15, -0.1) is 0 Å². The molecular weight excluding hydrogens is 625 g/mol. The topological polar surface area (TPSA) is 40.1 Å². The summed E-state index contributed by atoms with van der Waals surface area (Å²) in [5, 5.41) is 9.61. The molecule has 0 spiro atoms. The Balaban J connectivity index is 0. The predicted molar refractivity (Wildman–Crippen MR) is 121 cm³/mol. The van der Waals surface area contributed by atoms with Gasteiger partial charge in [0.15, 0.2) is 0 Å². The third-order valence-electron chi connectivity index (χ3n) is 5.69. The zero-order valence-electron chi connectivity index (χ0n) is 22.4. The summed E-state index contributed by atoms with van der Waals surface area (Å²) in [4.78, 5) is 9.61. The molecule has 0 aromatic heterocycles. The summed E-state index contributed by atoms with van der Waals surface area (Å²) in [6, 6.07) is 0. The highest BCUT2D eigenvalue weighted by Crippen LogP contribution is 2.62. The van der Waals surface area contributed by atoms with Crippen LogP contribution in [0.5, 0.6) is 0 Å². The maximum atomic E-state index is 12.8. The number of carboxylic acid groups (broad SMARTS) is 1. The lowest BCUT2D eigenvalue weighted by atomic mass is 9.91. The van der Waals surface area contributed by atoms with Crippen LogP contribution in [0.15, 0.2) is 0 Å². The summed E-state index contributed by atoms with van der Waals surface area (Å²) in [5.41, 5.74) is 0. The first-order chi connectivity index (χ1) is 18.3. The summed E-state index contributed by atoms with van der Waals surface area (Å²) in [6.45, 7) is 6.94. The van der Waals surface area contributed by atoms with Gasteiger partial charge in [0.05, 0.1) is 0 Å². The molecule has 0 bridgehead atoms. The molecule has 0 fully saturated rings. The average Bonchev–Trinajstić information content (AvgIpc) is 2.83. The van der Waals surface area contributed by atoms with Crippen molar-refractivity contribution in [3.8, 4) is 0 Å². The van der Waals surface area contributed by atoms with E-state index in [1.807, 2.05) is 0 Å². The third-order valence-corrected chi connectivity index (χ3v) is 8.29. The fourth-order valence-corrected chi connectivity index (χ4v) is 5.52. The molecule has 0 heterocycles. The number of aliphatic carboxylic acids is 1. The maximum absolute atomic E-state index is 12.8. The number of carbonyl (C=O) groups is 1. The second kappa shape index (κ2) is 16.0. The average molecular weight is 659 g/mol. The number of unbranched alkanes of at least 4 members (excludes halogenated alkanes) is 6. The number of hydrogen-bond donors (Lipinski definition) is 0. The van der Waals surface area contributed by atoms with Crippen molar-refractivity contribution in [2.45, 2.75) is 120 Å². The molecule has 2 nitrogen and oxygen atoms in total. The Morgan fingerprint density at radius 3 is 1.00 bits per heavy atom. The highest BCUT2D eigenvalue weighted by molar-refractivity contribution is 7.96. The smallest absolute Gasteiger partial charge is 0.460 e. The zero-order valence-corrected chi connectivity index (χ0v) is 23.2. The molecular formula is C23H33F15O2S. The molecule has 0 aliphatic rings. The van der Waals surface area contributed by atoms with Crippen LogP contribution in [-0.2, 0) is 15.7 Å². The van der Waals surface area contributed by atoms with Gasteiger partial charge in [-0.3, -0.25) is 0 Å². The molecule has 0 saturated heterocycles. The van der Waals surface area contributed by atoms with Crippen LogP contribution in [0.1, 0.15) is 78.6 Å². The molecule has 0 aliphatic heterocycles. The lowest BCUT2D eigenvalue weighted by molar-refractivity contribution is -0.454. The van der Waals surface area contributed by atoms with Crippen molar-refractivity contribution < 1.29 is 75.8 Å². The van der Waals surface area contributed by atoms with E-state index in [0.717, 1.165) is 10.9 Å². The number of rotatable bonds is 18. The van der Waals surface area contributed by atoms with Gasteiger partial charge < -0.3 is 9.90 Å². The van der Waals surface area contributed by atoms with Crippen molar-refractivity contribution >= 4 is 16.9 Å². The van der Waals surface area contributed by atoms with Crippen molar-refractivity contribution in [1.82, 2.24) is 0 Å². The van der Waals surface area contributed by atoms with E-state index in [9.17, 15) is 75.8 Å². The van der Waals surface area contributed by atoms with E-state index in [-0.39, 0.29) is 0 Å². The fourth-order valence-electron chi connectivity index (χ4n) is 3.07. The van der Waals surface area contributed by atoms with Crippen LogP contribution in [0.3, 0.4) is 0 Å². The third kappa shape index (κ3) is 9.63. The van der Waals surface area contributed by atoms with Crippen molar-refractivity contribution in [3.63, 3.8) is 0 Å². The highest BCUT2D eigenvalue weighted by atomic mass is 32.2. The Bertz CT molecular complexity index is 747. The summed E-state index contributed by atoms with van der Waals surface area (Å²) in [7, 11) is 0.771. The molecule has 0 radical (unpaired) electrons. The van der Waals surface area contributed by atoms with Crippen LogP contribution in [0, 0.1) is 0 Å². The second-order valence-electron chi connectivity index (χ2n) is 9.08. The van der Waals surface area contributed by atoms with E-state index in [1.165, 1.54) is 75.0 Å². The minimum atomic E-state index is -8.50. The zero-order chi connectivity index (χ0) is 33.1. The molecule has 18 heteroatoms. The van der Waals surface area contributed by atoms with Crippen LogP contribution < -0.4 is 5.11 Å². The summed E-state index contributed by atoms with van der Waals surface area (Å²) < 4.78 is 186. The predicted octanol–water partition coefficient (Wildman–Crippen LogP) is 8.29. The maximum Gasteiger partial charge on any atom is 0.460 e. The molecule has 0 aromatic carbocycles. The molecule has 0 aliphatic carbocycles. The van der Waals surface area contributed by atoms with Crippen LogP contribution in [0.2, 0.25) is 0 Å². The van der Waals surface area contributed by atoms with Gasteiger partial charge in [0.1, 0.15) is 23.2 Å². The Morgan fingerprint density at radius 2 is 0.756 bits per heavy atom. The molecule has 0 aromatic rings. The summed E-state index contributed by atoms with van der Waals surface area (Å²) in [6.07, 6.45) is 5.22. The van der Waals surface area contributed by atoms with Crippen LogP contribution >= 0.6 is 0 Å². The number of carbonyl (C=O) groups excluding carboxylic acids is 1. The van der Waals surface area contributed by atoms with E-state index >= 15 is 0 Å². The van der Waals surface area contributed by atoms with Gasteiger partial charge in [-0.1, -0.05) is 40.0 Å². The second-order valence-corrected chi connectivity index (χ2v) is 11.5. The van der Waals surface area contributed by atoms with Crippen molar-refractivity contribution in [2.24, 2.45) is 0 Å². The van der Waals surface area contributed by atoms with Gasteiger partial charge in [0, 0.05) is 0 Å². The Labute approximate surface area is 230 Å². The molecule has 0 rings (SSSR count). The Morgan fingerprint density at radius 1 is 0.488 bits per heavy atom. The molecule has 0 amide bonds. The van der Waals surface area contributed by atoms with Gasteiger partial charge in [0.2, 0.25) is 0 Å². The lowest BCUT2D eigenvalue weighted by Gasteiger charge is -2.41. The standard InChI is InChI=1S/C15H33S.C8HF15O2/c1-4-7-10-13-16(14-11-8-5-2)15-12-9-6-3;9-2(10,1(24)25)3(11,12)4(13,14)5(15,16)6(17,18)7(19,20)8(21,22)23/h4-15H2,1-3H3;(H,24,25)/q+1;/p-1. The Hall–Kier alpha value is -1.23. The molecule has 0 atom stereocenters. The molecule has 248 valence electrons. The molecule has 0 N–H and O–H groups in total. The number of alkyl halides is 15. The van der Waals surface area contributed by atoms with Crippen LogP contribution in [0.4, 0.5) is 65.9 Å². The minimum Gasteiger partial charge on any atom is -0.544 e. The van der Waals surface area contributed by atoms with Crippen LogP contribution in [0.25, 0.3) is 0 Å². The van der Waals surface area contributed by atoms with Crippen molar-refractivity contribution in [3.05, 3.63) is 0 Å². The van der Waals surface area contributed by atoms with Crippen LogP contribution in [-0.4, -0.2) is 64.9 Å².